The van der Waals surface area contributed by atoms with E-state index >= 15 is 0 Å². The van der Waals surface area contributed by atoms with Crippen LogP contribution in [0.3, 0.4) is 0 Å². The Morgan fingerprint density at radius 3 is 2.48 bits per heavy atom. The van der Waals surface area contributed by atoms with Gasteiger partial charge in [-0.3, -0.25) is 0 Å². The van der Waals surface area contributed by atoms with Crippen molar-refractivity contribution in [3.05, 3.63) is 65.2 Å². The minimum atomic E-state index is 0.560. The van der Waals surface area contributed by atoms with Crippen LogP contribution in [0.4, 0.5) is 5.69 Å². The predicted molar refractivity (Wildman–Crippen MR) is 91.0 cm³/mol. The molecular weight excluding hydrogens is 254 g/mol. The lowest BCUT2D eigenvalue weighted by Crippen LogP contribution is -2.26. The van der Waals surface area contributed by atoms with E-state index in [9.17, 15) is 0 Å². The summed E-state index contributed by atoms with van der Waals surface area (Å²) in [4.78, 5) is 0. The van der Waals surface area contributed by atoms with Crippen molar-refractivity contribution in [2.45, 2.75) is 51.5 Å². The molecule has 0 saturated heterocycles. The Balaban J connectivity index is 1.78. The van der Waals surface area contributed by atoms with Crippen LogP contribution in [0.5, 0.6) is 0 Å². The van der Waals surface area contributed by atoms with Crippen molar-refractivity contribution < 1.29 is 0 Å². The van der Waals surface area contributed by atoms with Crippen molar-refractivity contribution in [3.63, 3.8) is 0 Å². The molecule has 110 valence electrons. The van der Waals surface area contributed by atoms with E-state index in [1.54, 1.807) is 0 Å². The fourth-order valence-electron chi connectivity index (χ4n) is 3.47. The van der Waals surface area contributed by atoms with E-state index in [-0.39, 0.29) is 0 Å². The van der Waals surface area contributed by atoms with Crippen LogP contribution in [-0.4, -0.2) is 6.04 Å². The first-order valence-corrected chi connectivity index (χ1v) is 8.19. The van der Waals surface area contributed by atoms with Crippen molar-refractivity contribution in [1.29, 1.82) is 0 Å². The van der Waals surface area contributed by atoms with Gasteiger partial charge < -0.3 is 5.32 Å². The van der Waals surface area contributed by atoms with Crippen LogP contribution in [0, 0.1) is 0 Å². The molecule has 1 aliphatic heterocycles. The first kappa shape index (κ1) is 14.2. The van der Waals surface area contributed by atoms with Gasteiger partial charge in [-0.25, -0.2) is 0 Å². The van der Waals surface area contributed by atoms with Gasteiger partial charge in [0, 0.05) is 11.7 Å². The van der Waals surface area contributed by atoms with Crippen molar-refractivity contribution in [2.24, 2.45) is 0 Å². The fraction of sp³-hybridized carbons (Fsp3) is 0.400. The number of aryl methyl sites for hydroxylation is 1. The molecule has 1 heterocycles. The highest BCUT2D eigenvalue weighted by atomic mass is 14.9. The largest absolute Gasteiger partial charge is 0.382 e. The smallest absolute Gasteiger partial charge is 0.0377 e. The molecule has 0 aliphatic carbocycles. The van der Waals surface area contributed by atoms with Crippen LogP contribution in [0.15, 0.2) is 48.5 Å². The summed E-state index contributed by atoms with van der Waals surface area (Å²) in [6.45, 7) is 4.52. The molecule has 2 aromatic carbocycles. The number of anilines is 1. The molecule has 0 fully saturated rings. The van der Waals surface area contributed by atoms with E-state index in [0.717, 1.165) is 6.42 Å². The Morgan fingerprint density at radius 1 is 1.00 bits per heavy atom. The van der Waals surface area contributed by atoms with E-state index in [4.69, 9.17) is 0 Å². The Labute approximate surface area is 128 Å². The molecule has 2 atom stereocenters. The summed E-state index contributed by atoms with van der Waals surface area (Å²) in [6, 6.07) is 18.6. The van der Waals surface area contributed by atoms with Gasteiger partial charge in [0.2, 0.25) is 0 Å². The number of rotatable bonds is 4. The van der Waals surface area contributed by atoms with Gasteiger partial charge in [-0.2, -0.15) is 0 Å². The molecule has 1 aliphatic rings. The molecule has 1 N–H and O–H groups in total. The Hall–Kier alpha value is -1.76. The number of hydrogen-bond acceptors (Lipinski definition) is 1. The van der Waals surface area contributed by atoms with Gasteiger partial charge in [-0.1, -0.05) is 55.8 Å². The lowest BCUT2D eigenvalue weighted by Gasteiger charge is -2.31. The zero-order valence-corrected chi connectivity index (χ0v) is 13.1. The van der Waals surface area contributed by atoms with Gasteiger partial charge in [0.05, 0.1) is 0 Å². The van der Waals surface area contributed by atoms with Gasteiger partial charge in [-0.05, 0) is 54.9 Å². The van der Waals surface area contributed by atoms with Crippen LogP contribution in [-0.2, 0) is 12.8 Å². The van der Waals surface area contributed by atoms with Crippen molar-refractivity contribution in [3.8, 4) is 0 Å². The number of hydrogen-bond donors (Lipinski definition) is 1. The highest BCUT2D eigenvalue weighted by Gasteiger charge is 2.23. The van der Waals surface area contributed by atoms with Gasteiger partial charge >= 0.3 is 0 Å². The normalized spacial score (nSPS) is 20.7. The third-order valence-electron chi connectivity index (χ3n) is 4.48. The molecular formula is C20H25N. The molecule has 0 radical (unpaired) electrons. The maximum atomic E-state index is 3.60. The summed E-state index contributed by atoms with van der Waals surface area (Å²) >= 11 is 0. The first-order chi connectivity index (χ1) is 10.3. The van der Waals surface area contributed by atoms with Gasteiger partial charge in [0.25, 0.3) is 0 Å². The van der Waals surface area contributed by atoms with Gasteiger partial charge in [0.1, 0.15) is 0 Å². The van der Waals surface area contributed by atoms with E-state index < -0.39 is 0 Å². The first-order valence-electron chi connectivity index (χ1n) is 8.19. The van der Waals surface area contributed by atoms with Crippen molar-refractivity contribution >= 4 is 5.69 Å². The standard InChI is InChI=1S/C20H25N/c1-3-6-16-9-11-17(12-10-16)14-18-13-15(2)21-20-8-5-4-7-19(18)20/h4-5,7-12,15,18,21H,3,6,13-14H2,1-2H3. The number of fused-ring (bicyclic) bond motifs is 1. The van der Waals surface area contributed by atoms with Crippen molar-refractivity contribution in [1.82, 2.24) is 0 Å². The molecule has 0 amide bonds. The quantitative estimate of drug-likeness (QED) is 0.814. The maximum absolute atomic E-state index is 3.60. The Bertz CT molecular complexity index is 585. The molecule has 2 aromatic rings. The molecule has 0 aromatic heterocycles. The SMILES string of the molecule is CCCc1ccc(CC2CC(C)Nc3ccccc32)cc1. The van der Waals surface area contributed by atoms with E-state index in [1.165, 1.54) is 41.6 Å². The molecule has 3 rings (SSSR count). The molecule has 0 bridgehead atoms. The molecule has 21 heavy (non-hydrogen) atoms. The second kappa shape index (κ2) is 6.34. The third-order valence-corrected chi connectivity index (χ3v) is 4.48. The second-order valence-electron chi connectivity index (χ2n) is 6.34. The van der Waals surface area contributed by atoms with Gasteiger partial charge in [-0.15, -0.1) is 0 Å². The summed E-state index contributed by atoms with van der Waals surface area (Å²) in [5, 5.41) is 3.60. The zero-order valence-electron chi connectivity index (χ0n) is 13.1. The molecule has 1 nitrogen and oxygen atoms in total. The number of para-hydroxylation sites is 1. The minimum absolute atomic E-state index is 0.560. The third kappa shape index (κ3) is 3.29. The van der Waals surface area contributed by atoms with Crippen LogP contribution < -0.4 is 5.32 Å². The monoisotopic (exact) mass is 279 g/mol. The van der Waals surface area contributed by atoms with Crippen LogP contribution in [0.1, 0.15) is 49.3 Å². The highest BCUT2D eigenvalue weighted by molar-refractivity contribution is 5.55. The van der Waals surface area contributed by atoms with Crippen molar-refractivity contribution in [2.75, 3.05) is 5.32 Å². The molecule has 1 heteroatoms. The lowest BCUT2D eigenvalue weighted by atomic mass is 9.83. The molecule has 0 saturated carbocycles. The van der Waals surface area contributed by atoms with E-state index in [0.29, 0.717) is 12.0 Å². The average Bonchev–Trinajstić information content (AvgIpc) is 2.49. The summed E-state index contributed by atoms with van der Waals surface area (Å²) in [6.07, 6.45) is 4.77. The summed E-state index contributed by atoms with van der Waals surface area (Å²) in [5.41, 5.74) is 5.72. The molecule has 0 spiro atoms. The highest BCUT2D eigenvalue weighted by Crippen LogP contribution is 2.36. The number of benzene rings is 2. The number of nitrogens with one attached hydrogen (secondary N) is 1. The second-order valence-corrected chi connectivity index (χ2v) is 6.34. The summed E-state index contributed by atoms with van der Waals surface area (Å²) in [7, 11) is 0. The van der Waals surface area contributed by atoms with Crippen LogP contribution >= 0.6 is 0 Å². The zero-order chi connectivity index (χ0) is 14.7. The van der Waals surface area contributed by atoms with Gasteiger partial charge in [0.15, 0.2) is 0 Å². The van der Waals surface area contributed by atoms with Crippen LogP contribution in [0.25, 0.3) is 0 Å². The Kier molecular flexibility index (Phi) is 4.28. The van der Waals surface area contributed by atoms with Crippen LogP contribution in [0.2, 0.25) is 0 Å². The topological polar surface area (TPSA) is 12.0 Å². The minimum Gasteiger partial charge on any atom is -0.382 e. The lowest BCUT2D eigenvalue weighted by molar-refractivity contribution is 0.551. The average molecular weight is 279 g/mol. The van der Waals surface area contributed by atoms with E-state index in [1.807, 2.05) is 0 Å². The maximum Gasteiger partial charge on any atom is 0.0377 e. The summed E-state index contributed by atoms with van der Waals surface area (Å²) in [5.74, 6) is 0.634. The van der Waals surface area contributed by atoms with E-state index in [2.05, 4.69) is 67.7 Å². The Morgan fingerprint density at radius 2 is 1.71 bits per heavy atom. The predicted octanol–water partition coefficient (Wildman–Crippen LogP) is 5.17. The summed E-state index contributed by atoms with van der Waals surface area (Å²) < 4.78 is 0. The molecule has 2 unspecified atom stereocenters. The fourth-order valence-corrected chi connectivity index (χ4v) is 3.47.